The molecule has 0 unspecified atom stereocenters. The fourth-order valence-corrected chi connectivity index (χ4v) is 2.76. The normalized spacial score (nSPS) is 12.4. The molecule has 0 aliphatic heterocycles. The van der Waals surface area contributed by atoms with Crippen LogP contribution in [0.5, 0.6) is 11.5 Å². The van der Waals surface area contributed by atoms with Crippen LogP contribution in [0, 0.1) is 11.6 Å². The van der Waals surface area contributed by atoms with E-state index in [0.717, 1.165) is 30.5 Å². The molecule has 2 heterocycles. The third-order valence-electron chi connectivity index (χ3n) is 4.16. The summed E-state index contributed by atoms with van der Waals surface area (Å²) in [5.41, 5.74) is 7.73. The topological polar surface area (TPSA) is 129 Å². The zero-order chi connectivity index (χ0) is 25.8. The van der Waals surface area contributed by atoms with Gasteiger partial charge in [0.25, 0.3) is 5.91 Å². The number of hydrogen-bond donors (Lipinski definition) is 3. The van der Waals surface area contributed by atoms with Gasteiger partial charge in [-0.1, -0.05) is 11.6 Å². The number of ether oxygens (including phenoxy) is 1. The van der Waals surface area contributed by atoms with Crippen molar-refractivity contribution in [2.24, 2.45) is 10.7 Å². The first-order valence-electron chi connectivity index (χ1n) is 9.38. The molecule has 0 saturated heterocycles. The molecule has 0 aliphatic rings. The number of carbonyl (C=O) groups is 1. The minimum absolute atomic E-state index is 0.000178. The van der Waals surface area contributed by atoms with Gasteiger partial charge in [-0.05, 0) is 18.2 Å². The Bertz CT molecular complexity index is 1330. The second-order valence-electron chi connectivity index (χ2n) is 6.58. The summed E-state index contributed by atoms with van der Waals surface area (Å²) in [4.78, 5) is 23.0. The fraction of sp³-hybridized carbons (Fsp3) is 0.0476. The Morgan fingerprint density at radius 2 is 1.80 bits per heavy atom. The van der Waals surface area contributed by atoms with Crippen LogP contribution in [-0.4, -0.2) is 27.8 Å². The molecule has 35 heavy (non-hydrogen) atoms. The lowest BCUT2D eigenvalue weighted by atomic mass is 10.1. The molecule has 182 valence electrons. The maximum absolute atomic E-state index is 14.5. The molecule has 0 aliphatic carbocycles. The van der Waals surface area contributed by atoms with E-state index in [2.05, 4.69) is 20.3 Å². The van der Waals surface area contributed by atoms with E-state index in [9.17, 15) is 26.7 Å². The summed E-state index contributed by atoms with van der Waals surface area (Å²) < 4.78 is 74.0. The number of alkyl halides is 3. The van der Waals surface area contributed by atoms with E-state index >= 15 is 0 Å². The van der Waals surface area contributed by atoms with Crippen LogP contribution in [0.3, 0.4) is 0 Å². The maximum Gasteiger partial charge on any atom is 0.434 e. The molecule has 0 radical (unpaired) electrons. The van der Waals surface area contributed by atoms with Crippen LogP contribution >= 0.6 is 11.6 Å². The predicted molar refractivity (Wildman–Crippen MR) is 118 cm³/mol. The van der Waals surface area contributed by atoms with E-state index in [1.807, 2.05) is 0 Å². The summed E-state index contributed by atoms with van der Waals surface area (Å²) in [5.74, 6) is -4.26. The van der Waals surface area contributed by atoms with Crippen molar-refractivity contribution in [3.05, 3.63) is 77.2 Å². The van der Waals surface area contributed by atoms with Gasteiger partial charge in [0.05, 0.1) is 5.57 Å². The largest absolute Gasteiger partial charge is 0.453 e. The van der Waals surface area contributed by atoms with Gasteiger partial charge in [0.2, 0.25) is 0 Å². The Hall–Kier alpha value is -4.26. The molecule has 3 rings (SSSR count). The van der Waals surface area contributed by atoms with E-state index in [1.165, 1.54) is 12.3 Å². The third-order valence-corrected chi connectivity index (χ3v) is 4.54. The fourth-order valence-electron chi connectivity index (χ4n) is 2.61. The zero-order valence-corrected chi connectivity index (χ0v) is 18.0. The number of aliphatic imine (C=N–C) groups is 1. The van der Waals surface area contributed by atoms with E-state index in [1.54, 1.807) is 0 Å². The van der Waals surface area contributed by atoms with Gasteiger partial charge in [-0.3, -0.25) is 4.79 Å². The van der Waals surface area contributed by atoms with Gasteiger partial charge in [0.1, 0.15) is 16.7 Å². The highest BCUT2D eigenvalue weighted by Gasteiger charge is 2.40. The Morgan fingerprint density at radius 3 is 2.43 bits per heavy atom. The first-order valence-corrected chi connectivity index (χ1v) is 9.76. The lowest BCUT2D eigenvalue weighted by Gasteiger charge is -2.14. The average Bonchev–Trinajstić information content (AvgIpc) is 2.78. The lowest BCUT2D eigenvalue weighted by Crippen LogP contribution is -2.32. The van der Waals surface area contributed by atoms with Crippen LogP contribution in [0.15, 0.2) is 65.6 Å². The van der Waals surface area contributed by atoms with Crippen molar-refractivity contribution in [1.29, 1.82) is 0 Å². The summed E-state index contributed by atoms with van der Waals surface area (Å²) in [5, 5.41) is 2.02. The van der Waals surface area contributed by atoms with Gasteiger partial charge in [-0.2, -0.15) is 13.2 Å². The lowest BCUT2D eigenvalue weighted by molar-refractivity contribution is -0.113. The Morgan fingerprint density at radius 1 is 1.09 bits per heavy atom. The smallest absolute Gasteiger partial charge is 0.434 e. The monoisotopic (exact) mass is 512 g/mol. The maximum atomic E-state index is 14.5. The molecule has 8 nitrogen and oxygen atoms in total. The Labute approximate surface area is 199 Å². The number of hydrogen-bond acceptors (Lipinski definition) is 7. The molecule has 0 atom stereocenters. The van der Waals surface area contributed by atoms with Crippen molar-refractivity contribution < 1.29 is 31.5 Å². The standard InChI is InChI=1S/C21H14ClF5N6O2/c22-17-15(4-6-31-19(17)29)35-14-2-1-11(8-13(14)24)32-20(34)12(9-28)18(21(25,26)27)33-16-7-10(23)3-5-30-16/h1-9H,28H2,(H2,29,31)(H,32,34). The van der Waals surface area contributed by atoms with Gasteiger partial charge < -0.3 is 21.5 Å². The molecule has 1 aromatic carbocycles. The number of amides is 1. The van der Waals surface area contributed by atoms with E-state index in [4.69, 9.17) is 27.8 Å². The summed E-state index contributed by atoms with van der Waals surface area (Å²) in [6, 6.07) is 5.91. The molecule has 0 saturated carbocycles. The molecule has 3 aromatic rings. The quantitative estimate of drug-likeness (QED) is 0.245. The third kappa shape index (κ3) is 6.20. The molecule has 14 heteroatoms. The molecule has 0 bridgehead atoms. The molecule has 2 aromatic heterocycles. The van der Waals surface area contributed by atoms with Crippen molar-refractivity contribution >= 4 is 40.5 Å². The molecule has 1 amide bonds. The highest BCUT2D eigenvalue weighted by molar-refractivity contribution is 6.34. The van der Waals surface area contributed by atoms with E-state index in [0.29, 0.717) is 12.3 Å². The van der Waals surface area contributed by atoms with Gasteiger partial charge in [-0.25, -0.2) is 23.7 Å². The van der Waals surface area contributed by atoms with Crippen LogP contribution in [0.25, 0.3) is 0 Å². The summed E-state index contributed by atoms with van der Waals surface area (Å²) in [6.07, 6.45) is -2.62. The number of halogens is 6. The Kier molecular flexibility index (Phi) is 7.49. The number of carbonyl (C=O) groups excluding carboxylic acids is 1. The number of aromatic nitrogens is 2. The second kappa shape index (κ2) is 10.3. The SMILES string of the molecule is NC=C(C(=O)Nc1ccc(Oc2ccnc(N)c2Cl)c(F)c1)C(=Nc1cc(F)ccn1)C(F)(F)F. The van der Waals surface area contributed by atoms with Crippen molar-refractivity contribution in [3.8, 4) is 11.5 Å². The minimum Gasteiger partial charge on any atom is -0.453 e. The van der Waals surface area contributed by atoms with Crippen LogP contribution in [-0.2, 0) is 4.79 Å². The van der Waals surface area contributed by atoms with Crippen LogP contribution in [0.1, 0.15) is 0 Å². The number of nitrogens with one attached hydrogen (secondary N) is 1. The first-order chi connectivity index (χ1) is 16.5. The van der Waals surface area contributed by atoms with Crippen molar-refractivity contribution in [2.45, 2.75) is 6.18 Å². The van der Waals surface area contributed by atoms with Gasteiger partial charge in [-0.15, -0.1) is 0 Å². The van der Waals surface area contributed by atoms with Crippen molar-refractivity contribution in [1.82, 2.24) is 9.97 Å². The number of pyridine rings is 2. The average molecular weight is 513 g/mol. The molecule has 0 fully saturated rings. The zero-order valence-electron chi connectivity index (χ0n) is 17.3. The first kappa shape index (κ1) is 25.4. The Balaban J connectivity index is 1.85. The number of anilines is 2. The number of nitrogens with zero attached hydrogens (tertiary/aromatic N) is 3. The highest BCUT2D eigenvalue weighted by atomic mass is 35.5. The molecule has 5 N–H and O–H groups in total. The van der Waals surface area contributed by atoms with Gasteiger partial charge in [0, 0.05) is 42.5 Å². The van der Waals surface area contributed by atoms with Gasteiger partial charge >= 0.3 is 6.18 Å². The van der Waals surface area contributed by atoms with E-state index < -0.39 is 40.8 Å². The number of nitrogens with two attached hydrogens (primary N) is 2. The second-order valence-corrected chi connectivity index (χ2v) is 6.96. The van der Waals surface area contributed by atoms with Crippen molar-refractivity contribution in [3.63, 3.8) is 0 Å². The molecule has 0 spiro atoms. The van der Waals surface area contributed by atoms with Gasteiger partial charge in [0.15, 0.2) is 28.8 Å². The number of benzene rings is 1. The summed E-state index contributed by atoms with van der Waals surface area (Å²) >= 11 is 5.94. The number of nitrogen functional groups attached to an aromatic ring is 1. The van der Waals surface area contributed by atoms with Crippen LogP contribution < -0.4 is 21.5 Å². The summed E-state index contributed by atoms with van der Waals surface area (Å²) in [6.45, 7) is 0. The van der Waals surface area contributed by atoms with Crippen LogP contribution in [0.2, 0.25) is 5.02 Å². The minimum atomic E-state index is -5.16. The van der Waals surface area contributed by atoms with Crippen molar-refractivity contribution in [2.75, 3.05) is 11.1 Å². The van der Waals surface area contributed by atoms with E-state index in [-0.39, 0.29) is 28.0 Å². The number of rotatable bonds is 6. The molecular formula is C21H14ClF5N6O2. The predicted octanol–water partition coefficient (Wildman–Crippen LogP) is 4.90. The highest BCUT2D eigenvalue weighted by Crippen LogP contribution is 2.34. The molecular weight excluding hydrogens is 499 g/mol. The van der Waals surface area contributed by atoms with Crippen LogP contribution in [0.4, 0.5) is 39.3 Å². The summed E-state index contributed by atoms with van der Waals surface area (Å²) in [7, 11) is 0.